The van der Waals surface area contributed by atoms with E-state index in [1.807, 2.05) is 25.1 Å². The smallest absolute Gasteiger partial charge is 0.237 e. The van der Waals surface area contributed by atoms with E-state index in [2.05, 4.69) is 5.32 Å². The van der Waals surface area contributed by atoms with Crippen LogP contribution in [-0.4, -0.2) is 15.9 Å². The number of carbonyl (C=O) groups excluding carboxylic acids is 1. The van der Waals surface area contributed by atoms with E-state index in [1.54, 1.807) is 30.3 Å². The van der Waals surface area contributed by atoms with Crippen molar-refractivity contribution in [3.05, 3.63) is 54.1 Å². The third kappa shape index (κ3) is 3.45. The van der Waals surface area contributed by atoms with E-state index in [9.17, 15) is 9.00 Å². The second kappa shape index (κ2) is 6.34. The normalized spacial score (nSPS) is 11.8. The molecular weight excluding hydrogens is 272 g/mol. The summed E-state index contributed by atoms with van der Waals surface area (Å²) in [6.45, 7) is 1.86. The maximum Gasteiger partial charge on any atom is 0.237 e. The van der Waals surface area contributed by atoms with E-state index in [0.29, 0.717) is 16.3 Å². The van der Waals surface area contributed by atoms with Gasteiger partial charge >= 0.3 is 0 Å². The zero-order valence-corrected chi connectivity index (χ0v) is 11.9. The van der Waals surface area contributed by atoms with Gasteiger partial charge in [-0.2, -0.15) is 0 Å². The number of aryl methyl sites for hydroxylation is 1. The average molecular weight is 288 g/mol. The third-order valence-corrected chi connectivity index (χ3v) is 4.16. The Kier molecular flexibility index (Phi) is 4.53. The Morgan fingerprint density at radius 1 is 1.15 bits per heavy atom. The SMILES string of the molecule is Cc1cccc(N)c1NC(=O)CS(=O)c1ccccc1. The third-order valence-electron chi connectivity index (χ3n) is 2.84. The molecule has 0 aromatic heterocycles. The van der Waals surface area contributed by atoms with Crippen LogP contribution in [0, 0.1) is 6.92 Å². The largest absolute Gasteiger partial charge is 0.397 e. The van der Waals surface area contributed by atoms with Crippen LogP contribution in [0.15, 0.2) is 53.4 Å². The van der Waals surface area contributed by atoms with Gasteiger partial charge in [-0.15, -0.1) is 0 Å². The first-order valence-electron chi connectivity index (χ1n) is 6.16. The van der Waals surface area contributed by atoms with E-state index in [1.165, 1.54) is 0 Å². The van der Waals surface area contributed by atoms with Crippen molar-refractivity contribution in [3.8, 4) is 0 Å². The van der Waals surface area contributed by atoms with Crippen molar-refractivity contribution in [3.63, 3.8) is 0 Å². The Morgan fingerprint density at radius 3 is 2.50 bits per heavy atom. The summed E-state index contributed by atoms with van der Waals surface area (Å²) in [7, 11) is -1.35. The summed E-state index contributed by atoms with van der Waals surface area (Å²) in [4.78, 5) is 12.6. The van der Waals surface area contributed by atoms with Gasteiger partial charge in [0.2, 0.25) is 5.91 Å². The molecule has 1 amide bonds. The first-order valence-corrected chi connectivity index (χ1v) is 7.48. The minimum atomic E-state index is -1.35. The van der Waals surface area contributed by atoms with Crippen molar-refractivity contribution in [2.24, 2.45) is 0 Å². The molecule has 0 aliphatic carbocycles. The first kappa shape index (κ1) is 14.3. The summed E-state index contributed by atoms with van der Waals surface area (Å²) >= 11 is 0. The second-order valence-electron chi connectivity index (χ2n) is 4.39. The van der Waals surface area contributed by atoms with Crippen LogP contribution in [0.2, 0.25) is 0 Å². The number of hydrogen-bond donors (Lipinski definition) is 2. The summed E-state index contributed by atoms with van der Waals surface area (Å²) in [5.74, 6) is -0.397. The maximum absolute atomic E-state index is 12.0. The highest BCUT2D eigenvalue weighted by atomic mass is 32.2. The zero-order valence-electron chi connectivity index (χ0n) is 11.1. The first-order chi connectivity index (χ1) is 9.58. The lowest BCUT2D eigenvalue weighted by Crippen LogP contribution is -2.20. The molecule has 0 saturated carbocycles. The van der Waals surface area contributed by atoms with Crippen molar-refractivity contribution < 1.29 is 9.00 Å². The highest BCUT2D eigenvalue weighted by Gasteiger charge is 2.12. The Labute approximate surface area is 120 Å². The van der Waals surface area contributed by atoms with Crippen molar-refractivity contribution in [2.45, 2.75) is 11.8 Å². The molecule has 2 aromatic carbocycles. The number of nitrogen functional groups attached to an aromatic ring is 1. The van der Waals surface area contributed by atoms with Gasteiger partial charge in [0, 0.05) is 4.90 Å². The number of carbonyl (C=O) groups is 1. The molecule has 3 N–H and O–H groups in total. The Hall–Kier alpha value is -2.14. The summed E-state index contributed by atoms with van der Waals surface area (Å²) in [5.41, 5.74) is 7.79. The molecule has 2 aromatic rings. The maximum atomic E-state index is 12.0. The van der Waals surface area contributed by atoms with Crippen LogP contribution in [0.3, 0.4) is 0 Å². The molecule has 5 heteroatoms. The molecule has 104 valence electrons. The van der Waals surface area contributed by atoms with Gasteiger partial charge in [-0.3, -0.25) is 9.00 Å². The summed E-state index contributed by atoms with van der Waals surface area (Å²) in [6.07, 6.45) is 0. The summed E-state index contributed by atoms with van der Waals surface area (Å²) < 4.78 is 12.0. The van der Waals surface area contributed by atoms with Gasteiger partial charge in [-0.25, -0.2) is 0 Å². The second-order valence-corrected chi connectivity index (χ2v) is 5.84. The van der Waals surface area contributed by atoms with Crippen LogP contribution in [0.25, 0.3) is 0 Å². The standard InChI is InChI=1S/C15H16N2O2S/c1-11-6-5-9-13(16)15(11)17-14(18)10-20(19)12-7-3-2-4-8-12/h2-9H,10,16H2,1H3,(H,17,18). The number of benzene rings is 2. The Morgan fingerprint density at radius 2 is 1.85 bits per heavy atom. The fourth-order valence-electron chi connectivity index (χ4n) is 1.81. The van der Waals surface area contributed by atoms with Gasteiger partial charge in [0.25, 0.3) is 0 Å². The van der Waals surface area contributed by atoms with Gasteiger partial charge < -0.3 is 11.1 Å². The van der Waals surface area contributed by atoms with Crippen LogP contribution in [0.5, 0.6) is 0 Å². The average Bonchev–Trinajstić information content (AvgIpc) is 2.44. The molecular formula is C15H16N2O2S. The molecule has 1 unspecified atom stereocenters. The van der Waals surface area contributed by atoms with Crippen LogP contribution in [-0.2, 0) is 15.6 Å². The van der Waals surface area contributed by atoms with Crippen molar-refractivity contribution in [1.82, 2.24) is 0 Å². The van der Waals surface area contributed by atoms with E-state index in [4.69, 9.17) is 5.73 Å². The molecule has 20 heavy (non-hydrogen) atoms. The lowest BCUT2D eigenvalue weighted by molar-refractivity contribution is -0.113. The van der Waals surface area contributed by atoms with Gasteiger partial charge in [0.15, 0.2) is 0 Å². The monoisotopic (exact) mass is 288 g/mol. The number of anilines is 2. The molecule has 0 bridgehead atoms. The Balaban J connectivity index is 2.05. The minimum absolute atomic E-state index is 0.0855. The molecule has 0 fully saturated rings. The number of para-hydroxylation sites is 1. The lowest BCUT2D eigenvalue weighted by atomic mass is 10.1. The highest BCUT2D eigenvalue weighted by Crippen LogP contribution is 2.22. The number of amides is 1. The van der Waals surface area contributed by atoms with Crippen LogP contribution < -0.4 is 11.1 Å². The fourth-order valence-corrected chi connectivity index (χ4v) is 2.75. The van der Waals surface area contributed by atoms with E-state index < -0.39 is 10.8 Å². The molecule has 2 rings (SSSR count). The van der Waals surface area contributed by atoms with Gasteiger partial charge in [0.1, 0.15) is 5.75 Å². The van der Waals surface area contributed by atoms with Crippen molar-refractivity contribution in [2.75, 3.05) is 16.8 Å². The zero-order chi connectivity index (χ0) is 14.5. The molecule has 0 aliphatic rings. The summed E-state index contributed by atoms with van der Waals surface area (Å²) in [6, 6.07) is 14.3. The van der Waals surface area contributed by atoms with Crippen LogP contribution in [0.1, 0.15) is 5.56 Å². The minimum Gasteiger partial charge on any atom is -0.397 e. The molecule has 0 heterocycles. The highest BCUT2D eigenvalue weighted by molar-refractivity contribution is 7.85. The number of hydrogen-bond acceptors (Lipinski definition) is 3. The van der Waals surface area contributed by atoms with Crippen molar-refractivity contribution in [1.29, 1.82) is 0 Å². The molecule has 0 radical (unpaired) electrons. The molecule has 0 aliphatic heterocycles. The molecule has 4 nitrogen and oxygen atoms in total. The summed E-state index contributed by atoms with van der Waals surface area (Å²) in [5, 5.41) is 2.72. The number of rotatable bonds is 4. The Bertz CT molecular complexity index is 621. The van der Waals surface area contributed by atoms with Crippen LogP contribution >= 0.6 is 0 Å². The van der Waals surface area contributed by atoms with E-state index >= 15 is 0 Å². The lowest BCUT2D eigenvalue weighted by Gasteiger charge is -2.11. The van der Waals surface area contributed by atoms with E-state index in [-0.39, 0.29) is 11.7 Å². The molecule has 0 spiro atoms. The molecule has 0 saturated heterocycles. The quantitative estimate of drug-likeness (QED) is 0.848. The van der Waals surface area contributed by atoms with Gasteiger partial charge in [-0.1, -0.05) is 30.3 Å². The topological polar surface area (TPSA) is 72.2 Å². The van der Waals surface area contributed by atoms with Crippen molar-refractivity contribution >= 4 is 28.1 Å². The number of nitrogens with two attached hydrogens (primary N) is 1. The van der Waals surface area contributed by atoms with Crippen LogP contribution in [0.4, 0.5) is 11.4 Å². The van der Waals surface area contributed by atoms with Gasteiger partial charge in [-0.05, 0) is 30.7 Å². The number of nitrogens with one attached hydrogen (secondary N) is 1. The fraction of sp³-hybridized carbons (Fsp3) is 0.133. The van der Waals surface area contributed by atoms with Gasteiger partial charge in [0.05, 0.1) is 22.2 Å². The van der Waals surface area contributed by atoms with E-state index in [0.717, 1.165) is 5.56 Å². The predicted molar refractivity (Wildman–Crippen MR) is 81.9 cm³/mol. The molecule has 1 atom stereocenters. The predicted octanol–water partition coefficient (Wildman–Crippen LogP) is 2.32.